The Morgan fingerprint density at radius 3 is 2.90 bits per heavy atom. The van der Waals surface area contributed by atoms with Crippen molar-refractivity contribution in [1.82, 2.24) is 10.3 Å². The van der Waals surface area contributed by atoms with Crippen molar-refractivity contribution in [3.63, 3.8) is 0 Å². The highest BCUT2D eigenvalue weighted by Crippen LogP contribution is 2.13. The van der Waals surface area contributed by atoms with Crippen molar-refractivity contribution in [3.05, 3.63) is 41.8 Å². The monoisotopic (exact) mass is 278 g/mol. The summed E-state index contributed by atoms with van der Waals surface area (Å²) < 4.78 is 18.1. The third-order valence-electron chi connectivity index (χ3n) is 2.65. The van der Waals surface area contributed by atoms with Crippen LogP contribution in [0.4, 0.5) is 4.39 Å². The first-order valence-corrected chi connectivity index (χ1v) is 6.24. The number of hydrogen-bond donors (Lipinski definition) is 2. The number of pyridine rings is 1. The van der Waals surface area contributed by atoms with Gasteiger partial charge in [0.2, 0.25) is 0 Å². The summed E-state index contributed by atoms with van der Waals surface area (Å²) in [6, 6.07) is 7.56. The SMILES string of the molecule is O=C(NCCOCCO)c1ccc2ccc(F)cc2n1. The molecule has 0 bridgehead atoms. The number of nitrogens with one attached hydrogen (secondary N) is 1. The zero-order chi connectivity index (χ0) is 14.4. The average Bonchev–Trinajstić information content (AvgIpc) is 2.46. The normalized spacial score (nSPS) is 10.7. The molecule has 1 aromatic carbocycles. The Morgan fingerprint density at radius 2 is 2.10 bits per heavy atom. The van der Waals surface area contributed by atoms with Gasteiger partial charge >= 0.3 is 0 Å². The fourth-order valence-corrected chi connectivity index (χ4v) is 1.71. The quantitative estimate of drug-likeness (QED) is 0.777. The number of amides is 1. The van der Waals surface area contributed by atoms with Gasteiger partial charge in [-0.2, -0.15) is 0 Å². The number of aliphatic hydroxyl groups is 1. The highest BCUT2D eigenvalue weighted by molar-refractivity contribution is 5.94. The molecule has 20 heavy (non-hydrogen) atoms. The molecule has 6 heteroatoms. The van der Waals surface area contributed by atoms with Crippen LogP contribution in [-0.4, -0.2) is 42.4 Å². The van der Waals surface area contributed by atoms with E-state index in [1.807, 2.05) is 0 Å². The van der Waals surface area contributed by atoms with Crippen LogP contribution in [0.15, 0.2) is 30.3 Å². The summed E-state index contributed by atoms with van der Waals surface area (Å²) in [5, 5.41) is 11.9. The number of aromatic nitrogens is 1. The molecule has 0 spiro atoms. The Labute approximate surface area is 115 Å². The number of rotatable bonds is 6. The van der Waals surface area contributed by atoms with Gasteiger partial charge in [0.25, 0.3) is 5.91 Å². The lowest BCUT2D eigenvalue weighted by Gasteiger charge is -2.06. The molecule has 5 nitrogen and oxygen atoms in total. The van der Waals surface area contributed by atoms with Crippen molar-refractivity contribution in [3.8, 4) is 0 Å². The molecule has 2 rings (SSSR count). The summed E-state index contributed by atoms with van der Waals surface area (Å²) in [5.41, 5.74) is 0.666. The van der Waals surface area contributed by atoms with E-state index in [9.17, 15) is 9.18 Å². The van der Waals surface area contributed by atoms with Crippen LogP contribution in [0.3, 0.4) is 0 Å². The summed E-state index contributed by atoms with van der Waals surface area (Å²) in [4.78, 5) is 16.0. The number of aliphatic hydroxyl groups excluding tert-OH is 1. The smallest absolute Gasteiger partial charge is 0.269 e. The Bertz CT molecular complexity index is 604. The van der Waals surface area contributed by atoms with Crippen LogP contribution in [0.1, 0.15) is 10.5 Å². The van der Waals surface area contributed by atoms with Crippen LogP contribution in [0.5, 0.6) is 0 Å². The minimum absolute atomic E-state index is 0.0499. The van der Waals surface area contributed by atoms with Crippen LogP contribution < -0.4 is 5.32 Å². The molecule has 0 saturated carbocycles. The second-order valence-corrected chi connectivity index (χ2v) is 4.13. The van der Waals surface area contributed by atoms with Gasteiger partial charge in [-0.3, -0.25) is 4.79 Å². The van der Waals surface area contributed by atoms with Crippen molar-refractivity contribution < 1.29 is 19.0 Å². The highest BCUT2D eigenvalue weighted by atomic mass is 19.1. The Kier molecular flexibility index (Phi) is 4.97. The van der Waals surface area contributed by atoms with Gasteiger partial charge in [0.15, 0.2) is 0 Å². The van der Waals surface area contributed by atoms with Crippen LogP contribution in [-0.2, 0) is 4.74 Å². The van der Waals surface area contributed by atoms with Crippen molar-refractivity contribution >= 4 is 16.8 Å². The van der Waals surface area contributed by atoms with Gasteiger partial charge in [0, 0.05) is 18.0 Å². The van der Waals surface area contributed by atoms with Crippen LogP contribution in [0.2, 0.25) is 0 Å². The lowest BCUT2D eigenvalue weighted by molar-refractivity contribution is 0.0835. The Morgan fingerprint density at radius 1 is 1.30 bits per heavy atom. The van der Waals surface area contributed by atoms with E-state index < -0.39 is 0 Å². The van der Waals surface area contributed by atoms with E-state index in [2.05, 4.69) is 10.3 Å². The number of nitrogens with zero attached hydrogens (tertiary/aromatic N) is 1. The van der Waals surface area contributed by atoms with Gasteiger partial charge in [-0.1, -0.05) is 6.07 Å². The van der Waals surface area contributed by atoms with Crippen molar-refractivity contribution in [1.29, 1.82) is 0 Å². The van der Waals surface area contributed by atoms with Crippen molar-refractivity contribution in [2.45, 2.75) is 0 Å². The van der Waals surface area contributed by atoms with Crippen molar-refractivity contribution in [2.75, 3.05) is 26.4 Å². The largest absolute Gasteiger partial charge is 0.394 e. The molecule has 0 aliphatic heterocycles. The van der Waals surface area contributed by atoms with E-state index in [-0.39, 0.29) is 30.6 Å². The summed E-state index contributed by atoms with van der Waals surface area (Å²) in [7, 11) is 0. The molecule has 0 unspecified atom stereocenters. The summed E-state index contributed by atoms with van der Waals surface area (Å²) in [5.74, 6) is -0.733. The van der Waals surface area contributed by atoms with E-state index >= 15 is 0 Å². The van der Waals surface area contributed by atoms with E-state index in [1.165, 1.54) is 12.1 Å². The standard InChI is InChI=1S/C14H15FN2O3/c15-11-3-1-10-2-4-12(17-13(10)9-11)14(19)16-5-7-20-8-6-18/h1-4,9,18H,5-8H2,(H,16,19). The minimum atomic E-state index is -0.389. The van der Waals surface area contributed by atoms with E-state index in [1.54, 1.807) is 18.2 Å². The van der Waals surface area contributed by atoms with Crippen LogP contribution in [0, 0.1) is 5.82 Å². The molecule has 0 atom stereocenters. The fourth-order valence-electron chi connectivity index (χ4n) is 1.71. The number of halogens is 1. The van der Waals surface area contributed by atoms with E-state index in [0.29, 0.717) is 18.7 Å². The molecule has 1 aromatic heterocycles. The van der Waals surface area contributed by atoms with E-state index in [4.69, 9.17) is 9.84 Å². The van der Waals surface area contributed by atoms with Gasteiger partial charge in [-0.15, -0.1) is 0 Å². The predicted molar refractivity (Wildman–Crippen MR) is 71.9 cm³/mol. The maximum atomic E-state index is 13.1. The van der Waals surface area contributed by atoms with Crippen LogP contribution in [0.25, 0.3) is 10.9 Å². The third kappa shape index (κ3) is 3.72. The van der Waals surface area contributed by atoms with Gasteiger partial charge in [-0.05, 0) is 18.2 Å². The van der Waals surface area contributed by atoms with E-state index in [0.717, 1.165) is 5.39 Å². The summed E-state index contributed by atoms with van der Waals surface area (Å²) in [6.07, 6.45) is 0. The molecule has 0 aliphatic carbocycles. The van der Waals surface area contributed by atoms with Gasteiger partial charge in [-0.25, -0.2) is 9.37 Å². The van der Waals surface area contributed by atoms with Gasteiger partial charge < -0.3 is 15.2 Å². The molecule has 0 aliphatic rings. The molecule has 2 aromatic rings. The zero-order valence-electron chi connectivity index (χ0n) is 10.8. The molecule has 1 amide bonds. The number of ether oxygens (including phenoxy) is 1. The lowest BCUT2D eigenvalue weighted by atomic mass is 10.2. The average molecular weight is 278 g/mol. The first-order valence-electron chi connectivity index (χ1n) is 6.24. The molecule has 0 saturated heterocycles. The first-order chi connectivity index (χ1) is 9.70. The van der Waals surface area contributed by atoms with Gasteiger partial charge in [0.05, 0.1) is 25.3 Å². The molecule has 0 radical (unpaired) electrons. The maximum Gasteiger partial charge on any atom is 0.269 e. The number of hydrogen-bond acceptors (Lipinski definition) is 4. The fraction of sp³-hybridized carbons (Fsp3) is 0.286. The number of carbonyl (C=O) groups excluding carboxylic acids is 1. The van der Waals surface area contributed by atoms with Gasteiger partial charge in [0.1, 0.15) is 11.5 Å². The third-order valence-corrected chi connectivity index (χ3v) is 2.65. The second-order valence-electron chi connectivity index (χ2n) is 4.13. The molecular formula is C14H15FN2O3. The van der Waals surface area contributed by atoms with Crippen LogP contribution >= 0.6 is 0 Å². The topological polar surface area (TPSA) is 71.5 Å². The molecule has 106 valence electrons. The maximum absolute atomic E-state index is 13.1. The molecular weight excluding hydrogens is 263 g/mol. The van der Waals surface area contributed by atoms with Crippen molar-refractivity contribution in [2.24, 2.45) is 0 Å². The molecule has 1 heterocycles. The number of carbonyl (C=O) groups is 1. The Balaban J connectivity index is 1.99. The lowest BCUT2D eigenvalue weighted by Crippen LogP contribution is -2.28. The Hall–Kier alpha value is -2.05. The zero-order valence-corrected chi connectivity index (χ0v) is 10.8. The molecule has 0 fully saturated rings. The highest BCUT2D eigenvalue weighted by Gasteiger charge is 2.07. The summed E-state index contributed by atoms with van der Waals surface area (Å²) >= 11 is 0. The number of fused-ring (bicyclic) bond motifs is 1. The molecule has 2 N–H and O–H groups in total. The second kappa shape index (κ2) is 6.93. The number of benzene rings is 1. The predicted octanol–water partition coefficient (Wildman–Crippen LogP) is 1.11. The first kappa shape index (κ1) is 14.4. The summed E-state index contributed by atoms with van der Waals surface area (Å²) in [6.45, 7) is 0.825. The minimum Gasteiger partial charge on any atom is -0.394 e.